The van der Waals surface area contributed by atoms with E-state index in [1.165, 1.54) is 44.9 Å². The van der Waals surface area contributed by atoms with Gasteiger partial charge < -0.3 is 4.74 Å². The Bertz CT molecular complexity index is 318. The molecule has 0 unspecified atom stereocenters. The van der Waals surface area contributed by atoms with Gasteiger partial charge in [-0.1, -0.05) is 67.8 Å². The van der Waals surface area contributed by atoms with Gasteiger partial charge in [-0.15, -0.1) is 0 Å². The fourth-order valence-corrected chi connectivity index (χ4v) is 2.54. The Labute approximate surface area is 119 Å². The van der Waals surface area contributed by atoms with Crippen molar-refractivity contribution >= 4 is 21.9 Å². The molecule has 0 aromatic carbocycles. The first-order valence-corrected chi connectivity index (χ1v) is 7.92. The van der Waals surface area contributed by atoms with Gasteiger partial charge >= 0.3 is 5.97 Å². The zero-order valence-electron chi connectivity index (χ0n) is 11.2. The number of halogens is 1. The molecular formula is C15H23BrO2. The molecule has 0 aromatic heterocycles. The Morgan fingerprint density at radius 2 is 1.72 bits per heavy atom. The molecule has 0 spiro atoms. The molecule has 1 aliphatic heterocycles. The van der Waals surface area contributed by atoms with Crippen LogP contribution in [0.3, 0.4) is 0 Å². The molecule has 3 heteroatoms. The highest BCUT2D eigenvalue weighted by Gasteiger charge is 2.18. The number of carbonyl (C=O) groups excluding carboxylic acids is 1. The number of ether oxygens (including phenoxy) is 1. The SMILES string of the molecule is CCCCCCCCCCC1=CC(=O)OC1=CBr. The van der Waals surface area contributed by atoms with Crippen molar-refractivity contribution in [3.05, 3.63) is 22.4 Å². The van der Waals surface area contributed by atoms with E-state index in [0.29, 0.717) is 5.76 Å². The number of hydrogen-bond acceptors (Lipinski definition) is 2. The molecule has 0 saturated carbocycles. The van der Waals surface area contributed by atoms with Gasteiger partial charge in [-0.2, -0.15) is 0 Å². The van der Waals surface area contributed by atoms with Crippen LogP contribution in [0.15, 0.2) is 22.4 Å². The number of cyclic esters (lactones) is 1. The van der Waals surface area contributed by atoms with Gasteiger partial charge in [0.15, 0.2) is 0 Å². The summed E-state index contributed by atoms with van der Waals surface area (Å²) in [5.74, 6) is 0.443. The first-order chi connectivity index (χ1) is 8.77. The molecule has 0 radical (unpaired) electrons. The Kier molecular flexibility index (Phi) is 8.06. The van der Waals surface area contributed by atoms with Gasteiger partial charge in [-0.25, -0.2) is 4.79 Å². The fraction of sp³-hybridized carbons (Fsp3) is 0.667. The van der Waals surface area contributed by atoms with Gasteiger partial charge in [0, 0.05) is 16.6 Å². The van der Waals surface area contributed by atoms with Crippen LogP contribution in [0.4, 0.5) is 0 Å². The lowest BCUT2D eigenvalue weighted by molar-refractivity contribution is -0.132. The average Bonchev–Trinajstić information content (AvgIpc) is 2.73. The van der Waals surface area contributed by atoms with E-state index in [1.807, 2.05) is 0 Å². The number of unbranched alkanes of at least 4 members (excludes halogenated alkanes) is 7. The lowest BCUT2D eigenvalue weighted by Crippen LogP contribution is -1.90. The van der Waals surface area contributed by atoms with Gasteiger partial charge in [0.05, 0.1) is 0 Å². The first-order valence-electron chi connectivity index (χ1n) is 7.01. The van der Waals surface area contributed by atoms with Crippen molar-refractivity contribution in [1.29, 1.82) is 0 Å². The molecule has 1 heterocycles. The summed E-state index contributed by atoms with van der Waals surface area (Å²) in [7, 11) is 0. The molecule has 1 aliphatic rings. The maximum absolute atomic E-state index is 11.1. The van der Waals surface area contributed by atoms with Crippen molar-refractivity contribution in [2.24, 2.45) is 0 Å². The van der Waals surface area contributed by atoms with Crippen molar-refractivity contribution in [3.63, 3.8) is 0 Å². The Morgan fingerprint density at radius 1 is 1.11 bits per heavy atom. The van der Waals surface area contributed by atoms with E-state index in [4.69, 9.17) is 4.74 Å². The standard InChI is InChI=1S/C15H23BrO2/c1-2-3-4-5-6-7-8-9-10-13-11-15(17)18-14(13)12-16/h11-12H,2-10H2,1H3. The molecule has 0 aromatic rings. The molecule has 0 amide bonds. The lowest BCUT2D eigenvalue weighted by atomic mass is 10.0. The number of hydrogen-bond donors (Lipinski definition) is 0. The van der Waals surface area contributed by atoms with Crippen molar-refractivity contribution in [3.8, 4) is 0 Å². The smallest absolute Gasteiger partial charge is 0.336 e. The Balaban J connectivity index is 2.04. The molecule has 2 nitrogen and oxygen atoms in total. The van der Waals surface area contributed by atoms with Crippen LogP contribution >= 0.6 is 15.9 Å². The number of allylic oxidation sites excluding steroid dienone is 1. The van der Waals surface area contributed by atoms with Crippen LogP contribution < -0.4 is 0 Å². The monoisotopic (exact) mass is 314 g/mol. The van der Waals surface area contributed by atoms with Crippen molar-refractivity contribution in [2.75, 3.05) is 0 Å². The predicted octanol–water partition coefficient (Wildman–Crippen LogP) is 5.24. The summed E-state index contributed by atoms with van der Waals surface area (Å²) < 4.78 is 5.03. The van der Waals surface area contributed by atoms with Crippen LogP contribution in [-0.4, -0.2) is 5.97 Å². The summed E-state index contributed by atoms with van der Waals surface area (Å²) in [6.45, 7) is 2.24. The van der Waals surface area contributed by atoms with E-state index in [1.54, 1.807) is 11.1 Å². The summed E-state index contributed by atoms with van der Waals surface area (Å²) in [4.78, 5) is 12.8. The molecule has 0 saturated heterocycles. The molecular weight excluding hydrogens is 292 g/mol. The highest BCUT2D eigenvalue weighted by molar-refractivity contribution is 9.11. The molecule has 18 heavy (non-hydrogen) atoms. The third-order valence-electron chi connectivity index (χ3n) is 3.22. The third kappa shape index (κ3) is 5.85. The number of carbonyl (C=O) groups is 1. The summed E-state index contributed by atoms with van der Waals surface area (Å²) in [5.41, 5.74) is 1.03. The van der Waals surface area contributed by atoms with E-state index in [9.17, 15) is 4.79 Å². The first kappa shape index (κ1) is 15.5. The van der Waals surface area contributed by atoms with Crippen LogP contribution in [-0.2, 0) is 9.53 Å². The van der Waals surface area contributed by atoms with E-state index in [0.717, 1.165) is 18.4 Å². The minimum atomic E-state index is -0.240. The second-order valence-corrected chi connectivity index (χ2v) is 5.25. The molecule has 1 rings (SSSR count). The molecule has 0 bridgehead atoms. The lowest BCUT2D eigenvalue weighted by Gasteiger charge is -2.03. The highest BCUT2D eigenvalue weighted by atomic mass is 79.9. The van der Waals surface area contributed by atoms with Crippen molar-refractivity contribution < 1.29 is 9.53 Å². The van der Waals surface area contributed by atoms with Gasteiger partial charge in [0.2, 0.25) is 0 Å². The second kappa shape index (κ2) is 9.37. The molecule has 0 fully saturated rings. The Hall–Kier alpha value is -0.570. The molecule has 102 valence electrons. The van der Waals surface area contributed by atoms with Crippen molar-refractivity contribution in [2.45, 2.75) is 64.7 Å². The summed E-state index contributed by atoms with van der Waals surface area (Å²) in [6, 6.07) is 0. The van der Waals surface area contributed by atoms with Gasteiger partial charge in [-0.3, -0.25) is 0 Å². The quantitative estimate of drug-likeness (QED) is 0.430. The van der Waals surface area contributed by atoms with Crippen LogP contribution in [0.1, 0.15) is 64.7 Å². The largest absolute Gasteiger partial charge is 0.423 e. The number of rotatable bonds is 9. The van der Waals surface area contributed by atoms with Crippen LogP contribution in [0.25, 0.3) is 0 Å². The number of esters is 1. The van der Waals surface area contributed by atoms with Gasteiger partial charge in [-0.05, 0) is 12.8 Å². The second-order valence-electron chi connectivity index (χ2n) is 4.79. The van der Waals surface area contributed by atoms with Gasteiger partial charge in [0.1, 0.15) is 5.76 Å². The van der Waals surface area contributed by atoms with Crippen LogP contribution in [0.5, 0.6) is 0 Å². The summed E-state index contributed by atoms with van der Waals surface area (Å²) in [5, 5.41) is 0. The normalized spacial score (nSPS) is 17.1. The fourth-order valence-electron chi connectivity index (χ4n) is 2.15. The topological polar surface area (TPSA) is 26.3 Å². The summed E-state index contributed by atoms with van der Waals surface area (Å²) >= 11 is 3.22. The van der Waals surface area contributed by atoms with E-state index in [-0.39, 0.29) is 5.97 Å². The zero-order chi connectivity index (χ0) is 13.2. The predicted molar refractivity (Wildman–Crippen MR) is 78.4 cm³/mol. The molecule has 0 atom stereocenters. The van der Waals surface area contributed by atoms with Crippen molar-refractivity contribution in [1.82, 2.24) is 0 Å². The van der Waals surface area contributed by atoms with E-state index in [2.05, 4.69) is 22.9 Å². The van der Waals surface area contributed by atoms with E-state index >= 15 is 0 Å². The average molecular weight is 315 g/mol. The van der Waals surface area contributed by atoms with E-state index < -0.39 is 0 Å². The van der Waals surface area contributed by atoms with Gasteiger partial charge in [0.25, 0.3) is 0 Å². The third-order valence-corrected chi connectivity index (χ3v) is 3.63. The van der Waals surface area contributed by atoms with Crippen LogP contribution in [0, 0.1) is 0 Å². The van der Waals surface area contributed by atoms with Crippen LogP contribution in [0.2, 0.25) is 0 Å². The zero-order valence-corrected chi connectivity index (χ0v) is 12.8. The summed E-state index contributed by atoms with van der Waals surface area (Å²) in [6.07, 6.45) is 13.0. The maximum Gasteiger partial charge on any atom is 0.336 e. The molecule has 0 aliphatic carbocycles. The Morgan fingerprint density at radius 3 is 2.33 bits per heavy atom. The minimum Gasteiger partial charge on any atom is -0.423 e. The maximum atomic E-state index is 11.1. The highest BCUT2D eigenvalue weighted by Crippen LogP contribution is 2.26. The minimum absolute atomic E-state index is 0.240. The molecule has 0 N–H and O–H groups in total.